The maximum Gasteiger partial charge on any atom is 0.0454 e. The average molecular weight is 356 g/mol. The van der Waals surface area contributed by atoms with Crippen molar-refractivity contribution in [1.29, 1.82) is 0 Å². The molecule has 1 saturated carbocycles. The summed E-state index contributed by atoms with van der Waals surface area (Å²) >= 11 is 0. The van der Waals surface area contributed by atoms with E-state index in [1.807, 2.05) is 6.20 Å². The van der Waals surface area contributed by atoms with E-state index in [9.17, 15) is 0 Å². The molecule has 1 aliphatic carbocycles. The lowest BCUT2D eigenvalue weighted by atomic mass is 9.89. The standard InChI is InChI=1S/C18H25N3.2ClH/c1-2-4-14(3-1)18(21-11-9-19-10-12-21)16-5-6-17-15(13-16)7-8-20-17;;/h5-8,13-14,18-20H,1-4,9-12H2;2*1H/t18-;;/m0../s1. The van der Waals surface area contributed by atoms with Crippen LogP contribution in [-0.2, 0) is 0 Å². The number of halogens is 2. The van der Waals surface area contributed by atoms with Crippen molar-refractivity contribution in [2.45, 2.75) is 31.7 Å². The molecule has 1 aromatic carbocycles. The van der Waals surface area contributed by atoms with Gasteiger partial charge in [0.2, 0.25) is 0 Å². The van der Waals surface area contributed by atoms with Gasteiger partial charge in [0.1, 0.15) is 0 Å². The van der Waals surface area contributed by atoms with Crippen molar-refractivity contribution < 1.29 is 0 Å². The molecular weight excluding hydrogens is 329 g/mol. The molecule has 1 aliphatic heterocycles. The van der Waals surface area contributed by atoms with E-state index in [1.54, 1.807) is 0 Å². The normalized spacial score (nSPS) is 20.9. The Morgan fingerprint density at radius 1 is 1.00 bits per heavy atom. The lowest BCUT2D eigenvalue weighted by Crippen LogP contribution is -2.46. The minimum atomic E-state index is 0. The Morgan fingerprint density at radius 2 is 1.74 bits per heavy atom. The van der Waals surface area contributed by atoms with Gasteiger partial charge >= 0.3 is 0 Å². The van der Waals surface area contributed by atoms with Crippen molar-refractivity contribution in [2.24, 2.45) is 5.92 Å². The average Bonchev–Trinajstić information content (AvgIpc) is 3.19. The first-order chi connectivity index (χ1) is 10.4. The lowest BCUT2D eigenvalue weighted by molar-refractivity contribution is 0.125. The van der Waals surface area contributed by atoms with E-state index in [1.165, 1.54) is 55.2 Å². The molecule has 0 amide bonds. The first kappa shape index (κ1) is 18.6. The third kappa shape index (κ3) is 3.85. The van der Waals surface area contributed by atoms with Crippen LogP contribution in [0.1, 0.15) is 37.3 Å². The van der Waals surface area contributed by atoms with Gasteiger partial charge in [0.05, 0.1) is 0 Å². The summed E-state index contributed by atoms with van der Waals surface area (Å²) in [7, 11) is 0. The first-order valence-corrected chi connectivity index (χ1v) is 8.43. The van der Waals surface area contributed by atoms with E-state index in [0.717, 1.165) is 19.0 Å². The summed E-state index contributed by atoms with van der Waals surface area (Å²) in [4.78, 5) is 6.03. The highest BCUT2D eigenvalue weighted by atomic mass is 35.5. The van der Waals surface area contributed by atoms with Gasteiger partial charge in [-0.1, -0.05) is 18.9 Å². The van der Waals surface area contributed by atoms with Gasteiger partial charge in [0.15, 0.2) is 0 Å². The summed E-state index contributed by atoms with van der Waals surface area (Å²) < 4.78 is 0. The minimum Gasteiger partial charge on any atom is -0.361 e. The Labute approximate surface area is 151 Å². The zero-order valence-electron chi connectivity index (χ0n) is 13.5. The number of aromatic amines is 1. The van der Waals surface area contributed by atoms with Crippen LogP contribution in [0.3, 0.4) is 0 Å². The van der Waals surface area contributed by atoms with Crippen LogP contribution in [0.15, 0.2) is 30.5 Å². The molecule has 4 rings (SSSR count). The molecule has 0 spiro atoms. The molecule has 2 N–H and O–H groups in total. The number of nitrogens with one attached hydrogen (secondary N) is 2. The van der Waals surface area contributed by atoms with Crippen molar-refractivity contribution in [3.8, 4) is 0 Å². The van der Waals surface area contributed by atoms with Crippen LogP contribution in [-0.4, -0.2) is 36.1 Å². The van der Waals surface area contributed by atoms with E-state index >= 15 is 0 Å². The summed E-state index contributed by atoms with van der Waals surface area (Å²) in [5.41, 5.74) is 2.78. The van der Waals surface area contributed by atoms with E-state index in [0.29, 0.717) is 6.04 Å². The second-order valence-corrected chi connectivity index (χ2v) is 6.60. The number of fused-ring (bicyclic) bond motifs is 1. The molecule has 3 nitrogen and oxygen atoms in total. The van der Waals surface area contributed by atoms with E-state index in [-0.39, 0.29) is 24.8 Å². The Bertz CT molecular complexity index is 601. The molecule has 1 atom stereocenters. The van der Waals surface area contributed by atoms with Crippen LogP contribution in [0.25, 0.3) is 10.9 Å². The summed E-state index contributed by atoms with van der Waals surface area (Å²) in [5.74, 6) is 0.847. The number of piperazine rings is 1. The van der Waals surface area contributed by atoms with E-state index in [4.69, 9.17) is 0 Å². The number of aromatic nitrogens is 1. The van der Waals surface area contributed by atoms with Crippen LogP contribution in [0.5, 0.6) is 0 Å². The SMILES string of the molecule is Cl.Cl.c1cc2cc([C@H](C3CCCC3)N3CCNCC3)ccc2[nH]1. The van der Waals surface area contributed by atoms with Crippen LogP contribution >= 0.6 is 24.8 Å². The topological polar surface area (TPSA) is 31.1 Å². The maximum atomic E-state index is 3.49. The number of hydrogen-bond donors (Lipinski definition) is 2. The molecule has 2 aliphatic rings. The predicted molar refractivity (Wildman–Crippen MR) is 102 cm³/mol. The quantitative estimate of drug-likeness (QED) is 0.866. The largest absolute Gasteiger partial charge is 0.361 e. The lowest BCUT2D eigenvalue weighted by Gasteiger charge is -2.38. The van der Waals surface area contributed by atoms with Crippen molar-refractivity contribution >= 4 is 35.7 Å². The second kappa shape index (κ2) is 8.39. The summed E-state index contributed by atoms with van der Waals surface area (Å²) in [6, 6.07) is 9.84. The molecule has 0 radical (unpaired) electrons. The fourth-order valence-electron chi connectivity index (χ4n) is 4.27. The van der Waals surface area contributed by atoms with Crippen LogP contribution in [0.4, 0.5) is 0 Å². The highest BCUT2D eigenvalue weighted by Gasteiger charge is 2.31. The molecule has 1 saturated heterocycles. The van der Waals surface area contributed by atoms with Crippen LogP contribution < -0.4 is 5.32 Å². The Hall–Kier alpha value is -0.740. The van der Waals surface area contributed by atoms with Crippen molar-refractivity contribution in [1.82, 2.24) is 15.2 Å². The zero-order valence-corrected chi connectivity index (χ0v) is 15.1. The third-order valence-corrected chi connectivity index (χ3v) is 5.31. The van der Waals surface area contributed by atoms with Gasteiger partial charge in [0.25, 0.3) is 0 Å². The van der Waals surface area contributed by atoms with Gasteiger partial charge in [-0.3, -0.25) is 4.90 Å². The molecule has 2 fully saturated rings. The zero-order chi connectivity index (χ0) is 14.1. The predicted octanol–water partition coefficient (Wildman–Crippen LogP) is 4.15. The Balaban J connectivity index is 0.000000960. The molecular formula is C18H27Cl2N3. The Morgan fingerprint density at radius 3 is 2.48 bits per heavy atom. The van der Waals surface area contributed by atoms with E-state index < -0.39 is 0 Å². The van der Waals surface area contributed by atoms with Gasteiger partial charge in [-0.05, 0) is 47.9 Å². The van der Waals surface area contributed by atoms with Gasteiger partial charge in [-0.2, -0.15) is 0 Å². The van der Waals surface area contributed by atoms with Gasteiger partial charge in [-0.25, -0.2) is 0 Å². The fraction of sp³-hybridized carbons (Fsp3) is 0.556. The highest BCUT2D eigenvalue weighted by Crippen LogP contribution is 2.40. The molecule has 2 heterocycles. The number of rotatable bonds is 3. The molecule has 2 aromatic rings. The Kier molecular flexibility index (Phi) is 6.78. The summed E-state index contributed by atoms with van der Waals surface area (Å²) in [6.45, 7) is 4.64. The van der Waals surface area contributed by atoms with Gasteiger partial charge < -0.3 is 10.3 Å². The van der Waals surface area contributed by atoms with Crippen molar-refractivity contribution in [3.63, 3.8) is 0 Å². The number of benzene rings is 1. The third-order valence-electron chi connectivity index (χ3n) is 5.31. The van der Waals surface area contributed by atoms with Crippen LogP contribution in [0.2, 0.25) is 0 Å². The molecule has 5 heteroatoms. The second-order valence-electron chi connectivity index (χ2n) is 6.60. The summed E-state index contributed by atoms with van der Waals surface area (Å²) in [6.07, 6.45) is 7.68. The maximum absolute atomic E-state index is 3.49. The number of nitrogens with zero attached hydrogens (tertiary/aromatic N) is 1. The van der Waals surface area contributed by atoms with Crippen molar-refractivity contribution in [3.05, 3.63) is 36.0 Å². The fourth-order valence-corrected chi connectivity index (χ4v) is 4.27. The molecule has 0 bridgehead atoms. The summed E-state index contributed by atoms with van der Waals surface area (Å²) in [5, 5.41) is 4.84. The smallest absolute Gasteiger partial charge is 0.0454 e. The minimum absolute atomic E-state index is 0. The monoisotopic (exact) mass is 355 g/mol. The molecule has 1 aromatic heterocycles. The molecule has 128 valence electrons. The van der Waals surface area contributed by atoms with Crippen molar-refractivity contribution in [2.75, 3.05) is 26.2 Å². The van der Waals surface area contributed by atoms with E-state index in [2.05, 4.69) is 39.5 Å². The van der Waals surface area contributed by atoms with Crippen LogP contribution in [0, 0.1) is 5.92 Å². The van der Waals surface area contributed by atoms with Gasteiger partial charge in [-0.15, -0.1) is 24.8 Å². The first-order valence-electron chi connectivity index (χ1n) is 8.43. The molecule has 23 heavy (non-hydrogen) atoms. The van der Waals surface area contributed by atoms with Gasteiger partial charge in [0, 0.05) is 43.9 Å². The molecule has 0 unspecified atom stereocenters. The number of H-pyrrole nitrogens is 1. The number of hydrogen-bond acceptors (Lipinski definition) is 2. The highest BCUT2D eigenvalue weighted by molar-refractivity contribution is 5.85.